The van der Waals surface area contributed by atoms with Crippen LogP contribution in [0.4, 0.5) is 0 Å². The van der Waals surface area contributed by atoms with Gasteiger partial charge >= 0.3 is 5.97 Å². The Hall–Kier alpha value is -2.68. The minimum absolute atomic E-state index is 0.207. The number of carbonyl (C=O) groups is 2. The summed E-state index contributed by atoms with van der Waals surface area (Å²) in [7, 11) is 0. The van der Waals surface area contributed by atoms with E-state index in [4.69, 9.17) is 4.74 Å². The molecular weight excluding hydrogens is 276 g/mol. The standard InChI is InChI=1S/C19H18O3/c1-14-8-11-17(12-9-14)19(21)15(2)22-18(20)13-10-16-6-4-3-5-7-16/h3-13,15H,1-2H3. The zero-order valence-corrected chi connectivity index (χ0v) is 12.7. The molecule has 22 heavy (non-hydrogen) atoms. The first-order valence-electron chi connectivity index (χ1n) is 7.11. The Labute approximate surface area is 130 Å². The van der Waals surface area contributed by atoms with Crippen molar-refractivity contribution in [2.75, 3.05) is 0 Å². The van der Waals surface area contributed by atoms with E-state index in [-0.39, 0.29) is 5.78 Å². The molecule has 3 heteroatoms. The SMILES string of the molecule is Cc1ccc(C(=O)C(C)OC(=O)C=Cc2ccccc2)cc1. The molecule has 0 aliphatic heterocycles. The van der Waals surface area contributed by atoms with Gasteiger partial charge in [0, 0.05) is 11.6 Å². The third-order valence-electron chi connectivity index (χ3n) is 3.21. The molecule has 112 valence electrons. The van der Waals surface area contributed by atoms with Crippen LogP contribution in [0.5, 0.6) is 0 Å². The van der Waals surface area contributed by atoms with Crippen LogP contribution in [0.3, 0.4) is 0 Å². The van der Waals surface area contributed by atoms with Crippen LogP contribution in [-0.4, -0.2) is 17.9 Å². The topological polar surface area (TPSA) is 43.4 Å². The lowest BCUT2D eigenvalue weighted by Crippen LogP contribution is -2.23. The lowest BCUT2D eigenvalue weighted by Gasteiger charge is -2.11. The largest absolute Gasteiger partial charge is 0.451 e. The summed E-state index contributed by atoms with van der Waals surface area (Å²) >= 11 is 0. The van der Waals surface area contributed by atoms with Gasteiger partial charge in [-0.05, 0) is 25.5 Å². The van der Waals surface area contributed by atoms with Gasteiger partial charge in [-0.1, -0.05) is 60.2 Å². The second kappa shape index (κ2) is 7.36. The predicted molar refractivity (Wildman–Crippen MR) is 86.5 cm³/mol. The summed E-state index contributed by atoms with van der Waals surface area (Å²) in [6.07, 6.45) is 2.18. The van der Waals surface area contributed by atoms with E-state index in [2.05, 4.69) is 0 Å². The van der Waals surface area contributed by atoms with E-state index in [1.54, 1.807) is 25.1 Å². The predicted octanol–water partition coefficient (Wildman–Crippen LogP) is 3.82. The maximum atomic E-state index is 12.2. The minimum Gasteiger partial charge on any atom is -0.451 e. The highest BCUT2D eigenvalue weighted by Crippen LogP contribution is 2.09. The van der Waals surface area contributed by atoms with Gasteiger partial charge in [-0.25, -0.2) is 4.79 Å². The van der Waals surface area contributed by atoms with Gasteiger partial charge in [-0.2, -0.15) is 0 Å². The smallest absolute Gasteiger partial charge is 0.331 e. The van der Waals surface area contributed by atoms with Gasteiger partial charge in [0.15, 0.2) is 6.10 Å². The van der Waals surface area contributed by atoms with E-state index in [0.29, 0.717) is 5.56 Å². The Morgan fingerprint density at radius 3 is 2.27 bits per heavy atom. The van der Waals surface area contributed by atoms with Crippen molar-refractivity contribution in [3.05, 3.63) is 77.4 Å². The molecule has 0 saturated carbocycles. The molecule has 0 N–H and O–H groups in total. The molecule has 1 unspecified atom stereocenters. The summed E-state index contributed by atoms with van der Waals surface area (Å²) in [5, 5.41) is 0. The molecule has 2 aromatic carbocycles. The van der Waals surface area contributed by atoms with Crippen LogP contribution in [0.25, 0.3) is 6.08 Å². The van der Waals surface area contributed by atoms with Crippen molar-refractivity contribution in [3.63, 3.8) is 0 Å². The van der Waals surface area contributed by atoms with Crippen molar-refractivity contribution in [1.29, 1.82) is 0 Å². The van der Waals surface area contributed by atoms with Crippen LogP contribution in [-0.2, 0) is 9.53 Å². The van der Waals surface area contributed by atoms with Crippen LogP contribution in [0.2, 0.25) is 0 Å². The summed E-state index contributed by atoms with van der Waals surface area (Å²) in [4.78, 5) is 23.9. The van der Waals surface area contributed by atoms with Crippen molar-refractivity contribution in [2.24, 2.45) is 0 Å². The van der Waals surface area contributed by atoms with E-state index in [1.165, 1.54) is 6.08 Å². The Bertz CT molecular complexity index is 670. The molecule has 0 amide bonds. The maximum absolute atomic E-state index is 12.2. The number of esters is 1. The van der Waals surface area contributed by atoms with Crippen LogP contribution >= 0.6 is 0 Å². The van der Waals surface area contributed by atoms with Crippen molar-refractivity contribution >= 4 is 17.8 Å². The average Bonchev–Trinajstić information content (AvgIpc) is 2.54. The fourth-order valence-electron chi connectivity index (χ4n) is 1.95. The van der Waals surface area contributed by atoms with Gasteiger partial charge in [-0.15, -0.1) is 0 Å². The lowest BCUT2D eigenvalue weighted by molar-refractivity contribution is -0.140. The molecule has 0 aliphatic rings. The quantitative estimate of drug-likeness (QED) is 0.478. The first-order chi connectivity index (χ1) is 10.6. The van der Waals surface area contributed by atoms with E-state index in [1.807, 2.05) is 49.4 Å². The van der Waals surface area contributed by atoms with Crippen molar-refractivity contribution in [1.82, 2.24) is 0 Å². The van der Waals surface area contributed by atoms with Crippen LogP contribution < -0.4 is 0 Å². The van der Waals surface area contributed by atoms with Gasteiger partial charge in [-0.3, -0.25) is 4.79 Å². The monoisotopic (exact) mass is 294 g/mol. The molecule has 2 aromatic rings. The summed E-state index contributed by atoms with van der Waals surface area (Å²) in [5.41, 5.74) is 2.52. The molecule has 0 aliphatic carbocycles. The lowest BCUT2D eigenvalue weighted by atomic mass is 10.1. The number of ether oxygens (including phenoxy) is 1. The zero-order valence-electron chi connectivity index (χ0n) is 12.7. The number of carbonyl (C=O) groups excluding carboxylic acids is 2. The number of hydrogen-bond acceptors (Lipinski definition) is 3. The van der Waals surface area contributed by atoms with Gasteiger partial charge < -0.3 is 4.74 Å². The zero-order chi connectivity index (χ0) is 15.9. The second-order valence-electron chi connectivity index (χ2n) is 5.05. The molecule has 0 bridgehead atoms. The van der Waals surface area contributed by atoms with E-state index < -0.39 is 12.1 Å². The molecular formula is C19H18O3. The first kappa shape index (κ1) is 15.7. The van der Waals surface area contributed by atoms with Crippen molar-refractivity contribution in [3.8, 4) is 0 Å². The molecule has 0 radical (unpaired) electrons. The van der Waals surface area contributed by atoms with Crippen molar-refractivity contribution in [2.45, 2.75) is 20.0 Å². The van der Waals surface area contributed by atoms with Crippen molar-refractivity contribution < 1.29 is 14.3 Å². The Morgan fingerprint density at radius 2 is 1.64 bits per heavy atom. The molecule has 0 saturated heterocycles. The summed E-state index contributed by atoms with van der Waals surface area (Å²) in [5.74, 6) is -0.738. The molecule has 3 nitrogen and oxygen atoms in total. The molecule has 0 fully saturated rings. The minimum atomic E-state index is -0.810. The fourth-order valence-corrected chi connectivity index (χ4v) is 1.95. The molecule has 0 aromatic heterocycles. The summed E-state index contributed by atoms with van der Waals surface area (Å²) in [6.45, 7) is 3.53. The maximum Gasteiger partial charge on any atom is 0.331 e. The second-order valence-corrected chi connectivity index (χ2v) is 5.05. The highest BCUT2D eigenvalue weighted by molar-refractivity contribution is 6.01. The Balaban J connectivity index is 1.94. The molecule has 2 rings (SSSR count). The summed E-state index contributed by atoms with van der Waals surface area (Å²) < 4.78 is 5.14. The van der Waals surface area contributed by atoms with Crippen LogP contribution in [0.1, 0.15) is 28.4 Å². The number of ketones is 1. The highest BCUT2D eigenvalue weighted by Gasteiger charge is 2.18. The first-order valence-corrected chi connectivity index (χ1v) is 7.11. The Morgan fingerprint density at radius 1 is 1.00 bits per heavy atom. The Kier molecular flexibility index (Phi) is 5.26. The number of hydrogen-bond donors (Lipinski definition) is 0. The van der Waals surface area contributed by atoms with Crippen LogP contribution in [0.15, 0.2) is 60.7 Å². The fraction of sp³-hybridized carbons (Fsp3) is 0.158. The average molecular weight is 294 g/mol. The van der Waals surface area contributed by atoms with Crippen LogP contribution in [0, 0.1) is 6.92 Å². The van der Waals surface area contributed by atoms with Gasteiger partial charge in [0.05, 0.1) is 0 Å². The van der Waals surface area contributed by atoms with E-state index >= 15 is 0 Å². The number of Topliss-reactive ketones (excluding diaryl/α,β-unsaturated/α-hetero) is 1. The number of benzene rings is 2. The molecule has 0 spiro atoms. The normalized spacial score (nSPS) is 12.1. The van der Waals surface area contributed by atoms with Gasteiger partial charge in [0.1, 0.15) is 0 Å². The summed E-state index contributed by atoms with van der Waals surface area (Å²) in [6, 6.07) is 16.6. The molecule has 0 heterocycles. The number of rotatable bonds is 5. The van der Waals surface area contributed by atoms with E-state index in [0.717, 1.165) is 11.1 Å². The van der Waals surface area contributed by atoms with E-state index in [9.17, 15) is 9.59 Å². The highest BCUT2D eigenvalue weighted by atomic mass is 16.5. The molecule has 1 atom stereocenters. The number of aryl methyl sites for hydroxylation is 1. The third-order valence-corrected chi connectivity index (χ3v) is 3.21. The van der Waals surface area contributed by atoms with Gasteiger partial charge in [0.25, 0.3) is 0 Å². The van der Waals surface area contributed by atoms with Gasteiger partial charge in [0.2, 0.25) is 5.78 Å². The third kappa shape index (κ3) is 4.42.